The van der Waals surface area contributed by atoms with Crippen molar-refractivity contribution >= 4 is 22.8 Å². The van der Waals surface area contributed by atoms with E-state index in [1.165, 1.54) is 10.4 Å². The Kier molecular flexibility index (Phi) is 7.55. The van der Waals surface area contributed by atoms with Gasteiger partial charge in [-0.3, -0.25) is 4.79 Å². The van der Waals surface area contributed by atoms with Crippen molar-refractivity contribution in [1.82, 2.24) is 9.66 Å². The van der Waals surface area contributed by atoms with Crippen LogP contribution in [-0.4, -0.2) is 34.2 Å². The molecule has 0 N–H and O–H groups in total. The van der Waals surface area contributed by atoms with E-state index in [2.05, 4.69) is 78.5 Å². The standard InChI is InChI=1S/C27H39N5O/c1-9-13-20-22(14-10-2)29-25-23(24(27(6,7)8)30-32(25)26(20)33)28-21-16-15-19(17-18(21)5)31(11-3)12-4/h15-17H,9-14H2,1-8H3. The summed E-state index contributed by atoms with van der Waals surface area (Å²) in [6.45, 7) is 18.9. The lowest BCUT2D eigenvalue weighted by Crippen LogP contribution is -2.29. The molecule has 0 saturated carbocycles. The molecule has 0 spiro atoms. The highest BCUT2D eigenvalue weighted by atomic mass is 16.1. The number of aromatic nitrogens is 2. The summed E-state index contributed by atoms with van der Waals surface area (Å²) >= 11 is 0. The van der Waals surface area contributed by atoms with Crippen molar-refractivity contribution in [2.75, 3.05) is 18.0 Å². The molecular weight excluding hydrogens is 410 g/mol. The van der Waals surface area contributed by atoms with Gasteiger partial charge >= 0.3 is 0 Å². The smallest absolute Gasteiger partial charge is 0.277 e. The van der Waals surface area contributed by atoms with E-state index in [9.17, 15) is 4.79 Å². The molecule has 2 heterocycles. The van der Waals surface area contributed by atoms with E-state index in [0.717, 1.165) is 67.0 Å². The number of fused-ring (bicyclic) bond motifs is 1. The Balaban J connectivity index is 2.21. The topological polar surface area (TPSA) is 62.9 Å². The predicted octanol–water partition coefficient (Wildman–Crippen LogP) is 5.69. The average molecular weight is 450 g/mol. The summed E-state index contributed by atoms with van der Waals surface area (Å²) in [4.78, 5) is 25.8. The zero-order chi connectivity index (χ0) is 24.3. The Hall–Kier alpha value is -2.76. The number of benzene rings is 1. The molecule has 1 aliphatic heterocycles. The van der Waals surface area contributed by atoms with Crippen molar-refractivity contribution in [1.29, 1.82) is 0 Å². The molecule has 0 fully saturated rings. The first kappa shape index (κ1) is 24.9. The van der Waals surface area contributed by atoms with Crippen LogP contribution in [0.3, 0.4) is 0 Å². The second-order valence-corrected chi connectivity index (χ2v) is 9.78. The number of aliphatic imine (C=N–C) groups is 1. The van der Waals surface area contributed by atoms with Gasteiger partial charge in [0.2, 0.25) is 0 Å². The Morgan fingerprint density at radius 2 is 1.70 bits per heavy atom. The van der Waals surface area contributed by atoms with Crippen LogP contribution in [0.25, 0.3) is 0 Å². The van der Waals surface area contributed by atoms with Gasteiger partial charge in [-0.05, 0) is 57.4 Å². The number of aryl methyl sites for hydroxylation is 2. The molecule has 0 amide bonds. The van der Waals surface area contributed by atoms with Gasteiger partial charge in [-0.2, -0.15) is 9.78 Å². The van der Waals surface area contributed by atoms with Crippen LogP contribution in [0.5, 0.6) is 0 Å². The Bertz CT molecular complexity index is 1130. The summed E-state index contributed by atoms with van der Waals surface area (Å²) < 4.78 is 1.49. The number of rotatable bonds is 8. The first-order valence-electron chi connectivity index (χ1n) is 12.3. The molecule has 1 aliphatic rings. The highest BCUT2D eigenvalue weighted by molar-refractivity contribution is 6.50. The van der Waals surface area contributed by atoms with Gasteiger partial charge in [0, 0.05) is 29.8 Å². The van der Waals surface area contributed by atoms with Crippen molar-refractivity contribution in [2.45, 2.75) is 81.1 Å². The summed E-state index contributed by atoms with van der Waals surface area (Å²) in [7, 11) is 0. The quantitative estimate of drug-likeness (QED) is 0.520. The van der Waals surface area contributed by atoms with E-state index < -0.39 is 0 Å². The first-order chi connectivity index (χ1) is 15.7. The lowest BCUT2D eigenvalue weighted by atomic mass is 9.87. The van der Waals surface area contributed by atoms with Crippen molar-refractivity contribution in [3.8, 4) is 0 Å². The third-order valence-corrected chi connectivity index (χ3v) is 6.11. The molecule has 178 valence electrons. The van der Waals surface area contributed by atoms with Gasteiger partial charge in [0.15, 0.2) is 5.82 Å². The molecule has 3 rings (SSSR count). The molecule has 1 aromatic carbocycles. The van der Waals surface area contributed by atoms with Crippen LogP contribution in [0.1, 0.15) is 84.0 Å². The third-order valence-electron chi connectivity index (χ3n) is 6.11. The number of nitrogens with zero attached hydrogens (tertiary/aromatic N) is 5. The predicted molar refractivity (Wildman–Crippen MR) is 140 cm³/mol. The maximum atomic E-state index is 13.4. The van der Waals surface area contributed by atoms with Crippen LogP contribution >= 0.6 is 0 Å². The molecular formula is C27H39N5O. The molecule has 33 heavy (non-hydrogen) atoms. The fourth-order valence-corrected chi connectivity index (χ4v) is 4.31. The lowest BCUT2D eigenvalue weighted by molar-refractivity contribution is 0.592. The minimum atomic E-state index is -0.274. The Morgan fingerprint density at radius 3 is 2.24 bits per heavy atom. The highest BCUT2D eigenvalue weighted by Crippen LogP contribution is 2.30. The molecule has 0 aliphatic carbocycles. The summed E-state index contributed by atoms with van der Waals surface area (Å²) in [5.41, 5.74) is 6.04. The minimum Gasteiger partial charge on any atom is -0.372 e. The van der Waals surface area contributed by atoms with Gasteiger partial charge < -0.3 is 4.90 Å². The Labute approximate surface area is 198 Å². The normalized spacial score (nSPS) is 14.5. The zero-order valence-electron chi connectivity index (χ0n) is 21.6. The van der Waals surface area contributed by atoms with E-state index in [1.807, 2.05) is 0 Å². The molecule has 2 aromatic rings. The number of anilines is 1. The lowest BCUT2D eigenvalue weighted by Gasteiger charge is -2.22. The van der Waals surface area contributed by atoms with Crippen molar-refractivity contribution < 1.29 is 0 Å². The number of hydrogen-bond acceptors (Lipinski definition) is 5. The van der Waals surface area contributed by atoms with E-state index in [4.69, 9.17) is 15.1 Å². The van der Waals surface area contributed by atoms with Gasteiger partial charge in [-0.1, -0.05) is 47.5 Å². The molecule has 0 saturated heterocycles. The molecule has 0 atom stereocenters. The van der Waals surface area contributed by atoms with Gasteiger partial charge in [0.25, 0.3) is 5.56 Å². The van der Waals surface area contributed by atoms with Crippen LogP contribution in [0.2, 0.25) is 0 Å². The molecule has 1 aromatic heterocycles. The van der Waals surface area contributed by atoms with E-state index in [-0.39, 0.29) is 11.0 Å². The second-order valence-electron chi connectivity index (χ2n) is 9.78. The number of hydrogen-bond donors (Lipinski definition) is 0. The van der Waals surface area contributed by atoms with Crippen LogP contribution in [0.4, 0.5) is 11.4 Å². The molecule has 0 unspecified atom stereocenters. The maximum absolute atomic E-state index is 13.4. The SMILES string of the molecule is CCCc1nc2n(c(=O)c1CCC)N=C(C(C)(C)C)C2=Nc1ccc(N(CC)CC)cc1C. The largest absolute Gasteiger partial charge is 0.372 e. The highest BCUT2D eigenvalue weighted by Gasteiger charge is 2.35. The van der Waals surface area contributed by atoms with E-state index in [0.29, 0.717) is 11.5 Å². The van der Waals surface area contributed by atoms with Crippen molar-refractivity contribution in [2.24, 2.45) is 15.5 Å². The maximum Gasteiger partial charge on any atom is 0.277 e. The average Bonchev–Trinajstić information content (AvgIpc) is 3.13. The summed E-state index contributed by atoms with van der Waals surface area (Å²) in [5.74, 6) is 0.570. The summed E-state index contributed by atoms with van der Waals surface area (Å²) in [6.07, 6.45) is 3.36. The van der Waals surface area contributed by atoms with Crippen LogP contribution in [0, 0.1) is 12.3 Å². The second kappa shape index (κ2) is 10.0. The first-order valence-corrected chi connectivity index (χ1v) is 12.3. The Morgan fingerprint density at radius 1 is 1.03 bits per heavy atom. The van der Waals surface area contributed by atoms with Crippen molar-refractivity contribution in [3.63, 3.8) is 0 Å². The molecule has 6 heteroatoms. The fourth-order valence-electron chi connectivity index (χ4n) is 4.31. The molecule has 0 radical (unpaired) electrons. The summed E-state index contributed by atoms with van der Waals surface area (Å²) in [5, 5.41) is 4.77. The third kappa shape index (κ3) is 4.94. The van der Waals surface area contributed by atoms with Gasteiger partial charge in [0.05, 0.1) is 17.1 Å². The monoisotopic (exact) mass is 449 g/mol. The van der Waals surface area contributed by atoms with Crippen LogP contribution in [0.15, 0.2) is 33.1 Å². The van der Waals surface area contributed by atoms with Crippen molar-refractivity contribution in [3.05, 3.63) is 51.2 Å². The van der Waals surface area contributed by atoms with Crippen LogP contribution in [-0.2, 0) is 12.8 Å². The fraction of sp³-hybridized carbons (Fsp3) is 0.556. The van der Waals surface area contributed by atoms with E-state index in [1.54, 1.807) is 0 Å². The minimum absolute atomic E-state index is 0.0501. The van der Waals surface area contributed by atoms with Gasteiger partial charge in [-0.25, -0.2) is 9.98 Å². The summed E-state index contributed by atoms with van der Waals surface area (Å²) in [6, 6.07) is 6.37. The van der Waals surface area contributed by atoms with Gasteiger partial charge in [0.1, 0.15) is 5.71 Å². The molecule has 6 nitrogen and oxygen atoms in total. The van der Waals surface area contributed by atoms with Gasteiger partial charge in [-0.15, -0.1) is 0 Å². The molecule has 0 bridgehead atoms. The van der Waals surface area contributed by atoms with Crippen LogP contribution < -0.4 is 10.5 Å². The zero-order valence-corrected chi connectivity index (χ0v) is 21.6. The van der Waals surface area contributed by atoms with E-state index >= 15 is 0 Å².